The molecule has 0 aromatic rings. The molecule has 0 bridgehead atoms. The predicted molar refractivity (Wildman–Crippen MR) is 50.1 cm³/mol. The fourth-order valence-electron chi connectivity index (χ4n) is 0.771. The van der Waals surface area contributed by atoms with E-state index in [1.165, 1.54) is 12.0 Å². The Morgan fingerprint density at radius 2 is 2.07 bits per heavy atom. The fourth-order valence-corrected chi connectivity index (χ4v) is 0.771. The molecule has 0 aliphatic heterocycles. The van der Waals surface area contributed by atoms with Gasteiger partial charge in [0.2, 0.25) is 0 Å². The van der Waals surface area contributed by atoms with Crippen LogP contribution in [0.4, 0.5) is 4.79 Å². The van der Waals surface area contributed by atoms with Gasteiger partial charge in [-0.1, -0.05) is 0 Å². The molecule has 0 spiro atoms. The van der Waals surface area contributed by atoms with E-state index in [1.807, 2.05) is 0 Å². The number of ether oxygens (including phenoxy) is 1. The van der Waals surface area contributed by atoms with E-state index in [0.717, 1.165) is 0 Å². The first kappa shape index (κ1) is 12.7. The number of nitrogens with zero attached hydrogens (tertiary/aromatic N) is 1. The first-order chi connectivity index (χ1) is 6.49. The van der Waals surface area contributed by atoms with Crippen LogP contribution in [-0.2, 0) is 9.53 Å². The summed E-state index contributed by atoms with van der Waals surface area (Å²) in [7, 11) is 4.57. The third-order valence-corrected chi connectivity index (χ3v) is 1.61. The Morgan fingerprint density at radius 3 is 2.43 bits per heavy atom. The lowest BCUT2D eigenvalue weighted by molar-refractivity contribution is -0.139. The number of hydrogen-bond acceptors (Lipinski definition) is 3. The van der Waals surface area contributed by atoms with Gasteiger partial charge >= 0.3 is 12.0 Å². The number of nitrogens with one attached hydrogen (secondary N) is 1. The van der Waals surface area contributed by atoms with Gasteiger partial charge in [-0.05, 0) is 0 Å². The monoisotopic (exact) mass is 204 g/mol. The van der Waals surface area contributed by atoms with Gasteiger partial charge in [-0.25, -0.2) is 9.59 Å². The van der Waals surface area contributed by atoms with Crippen LogP contribution in [0.3, 0.4) is 0 Å². The second-order valence-corrected chi connectivity index (χ2v) is 3.02. The molecule has 82 valence electrons. The maximum absolute atomic E-state index is 11.1. The van der Waals surface area contributed by atoms with Crippen molar-refractivity contribution in [2.45, 2.75) is 12.5 Å². The standard InChI is InChI=1S/C8H16N2O4/c1-10(2)8(13)9-6(7(11)12)4-5-14-3/h6H,4-5H2,1-3H3,(H,9,13)(H,11,12). The Morgan fingerprint density at radius 1 is 1.50 bits per heavy atom. The number of urea groups is 1. The molecule has 6 heteroatoms. The summed E-state index contributed by atoms with van der Waals surface area (Å²) in [5, 5.41) is 11.1. The van der Waals surface area contributed by atoms with Crippen LogP contribution in [0.2, 0.25) is 0 Å². The molecule has 0 aromatic heterocycles. The highest BCUT2D eigenvalue weighted by atomic mass is 16.5. The van der Waals surface area contributed by atoms with Crippen LogP contribution in [0.25, 0.3) is 0 Å². The van der Waals surface area contributed by atoms with Gasteiger partial charge < -0.3 is 20.1 Å². The SMILES string of the molecule is COCCC(NC(=O)N(C)C)C(=O)O. The second-order valence-electron chi connectivity index (χ2n) is 3.02. The minimum Gasteiger partial charge on any atom is -0.480 e. The highest BCUT2D eigenvalue weighted by molar-refractivity contribution is 5.82. The third kappa shape index (κ3) is 4.66. The van der Waals surface area contributed by atoms with Crippen molar-refractivity contribution < 1.29 is 19.4 Å². The third-order valence-electron chi connectivity index (χ3n) is 1.61. The summed E-state index contributed by atoms with van der Waals surface area (Å²) < 4.78 is 4.74. The van der Waals surface area contributed by atoms with E-state index in [4.69, 9.17) is 9.84 Å². The van der Waals surface area contributed by atoms with Gasteiger partial charge in [0.25, 0.3) is 0 Å². The van der Waals surface area contributed by atoms with Crippen LogP contribution in [0.5, 0.6) is 0 Å². The van der Waals surface area contributed by atoms with Gasteiger partial charge in [0.15, 0.2) is 0 Å². The summed E-state index contributed by atoms with van der Waals surface area (Å²) in [4.78, 5) is 23.1. The summed E-state index contributed by atoms with van der Waals surface area (Å²) >= 11 is 0. The number of rotatable bonds is 5. The van der Waals surface area contributed by atoms with E-state index in [2.05, 4.69) is 5.32 Å². The molecular formula is C8H16N2O4. The molecule has 14 heavy (non-hydrogen) atoms. The first-order valence-electron chi connectivity index (χ1n) is 4.18. The summed E-state index contributed by atoms with van der Waals surface area (Å²) in [6, 6.07) is -1.32. The van der Waals surface area contributed by atoms with Crippen molar-refractivity contribution >= 4 is 12.0 Å². The molecule has 1 unspecified atom stereocenters. The second kappa shape index (κ2) is 6.20. The molecule has 0 radical (unpaired) electrons. The Bertz CT molecular complexity index is 206. The molecule has 0 saturated carbocycles. The molecule has 0 saturated heterocycles. The van der Waals surface area contributed by atoms with Crippen LogP contribution in [0.15, 0.2) is 0 Å². The number of aliphatic carboxylic acids is 1. The molecule has 0 heterocycles. The lowest BCUT2D eigenvalue weighted by Gasteiger charge is -2.17. The number of methoxy groups -OCH3 is 1. The van der Waals surface area contributed by atoms with Crippen molar-refractivity contribution in [1.29, 1.82) is 0 Å². The van der Waals surface area contributed by atoms with Crippen molar-refractivity contribution in [2.24, 2.45) is 0 Å². The fraction of sp³-hybridized carbons (Fsp3) is 0.750. The van der Waals surface area contributed by atoms with Crippen molar-refractivity contribution in [1.82, 2.24) is 10.2 Å². The lowest BCUT2D eigenvalue weighted by atomic mass is 10.2. The van der Waals surface area contributed by atoms with Gasteiger partial charge in [0.1, 0.15) is 6.04 Å². The zero-order valence-corrected chi connectivity index (χ0v) is 8.61. The molecule has 0 aliphatic carbocycles. The molecule has 0 rings (SSSR count). The number of carboxylic acids is 1. The van der Waals surface area contributed by atoms with E-state index in [9.17, 15) is 9.59 Å². The molecule has 0 aliphatic rings. The van der Waals surface area contributed by atoms with Crippen molar-refractivity contribution in [3.05, 3.63) is 0 Å². The number of amides is 2. The minimum absolute atomic E-state index is 0.255. The zero-order chi connectivity index (χ0) is 11.1. The Kier molecular flexibility index (Phi) is 5.62. The average molecular weight is 204 g/mol. The van der Waals surface area contributed by atoms with Crippen molar-refractivity contribution in [2.75, 3.05) is 27.8 Å². The Labute approximate surface area is 82.8 Å². The Balaban J connectivity index is 4.09. The van der Waals surface area contributed by atoms with E-state index in [-0.39, 0.29) is 6.42 Å². The van der Waals surface area contributed by atoms with Crippen LogP contribution < -0.4 is 5.32 Å². The first-order valence-corrected chi connectivity index (χ1v) is 4.18. The number of carbonyl (C=O) groups is 2. The zero-order valence-electron chi connectivity index (χ0n) is 8.61. The van der Waals surface area contributed by atoms with Gasteiger partial charge in [-0.3, -0.25) is 0 Å². The number of carbonyl (C=O) groups excluding carboxylic acids is 1. The summed E-state index contributed by atoms with van der Waals surface area (Å²) in [6.07, 6.45) is 0.255. The smallest absolute Gasteiger partial charge is 0.326 e. The molecule has 2 amide bonds. The maximum atomic E-state index is 11.1. The number of hydrogen-bond donors (Lipinski definition) is 2. The molecule has 6 nitrogen and oxygen atoms in total. The van der Waals surface area contributed by atoms with Gasteiger partial charge in [0.05, 0.1) is 0 Å². The lowest BCUT2D eigenvalue weighted by Crippen LogP contribution is -2.45. The van der Waals surface area contributed by atoms with Crippen molar-refractivity contribution in [3.8, 4) is 0 Å². The topological polar surface area (TPSA) is 78.9 Å². The van der Waals surface area contributed by atoms with E-state index >= 15 is 0 Å². The van der Waals surface area contributed by atoms with E-state index in [0.29, 0.717) is 6.61 Å². The quantitative estimate of drug-likeness (QED) is 0.647. The molecule has 2 N–H and O–H groups in total. The van der Waals surface area contributed by atoms with Crippen LogP contribution >= 0.6 is 0 Å². The van der Waals surface area contributed by atoms with Crippen molar-refractivity contribution in [3.63, 3.8) is 0 Å². The molecule has 1 atom stereocenters. The highest BCUT2D eigenvalue weighted by Gasteiger charge is 2.19. The van der Waals surface area contributed by atoms with Gasteiger partial charge in [0, 0.05) is 34.2 Å². The molecule has 0 fully saturated rings. The van der Waals surface area contributed by atoms with E-state index in [1.54, 1.807) is 14.1 Å². The summed E-state index contributed by atoms with van der Waals surface area (Å²) in [5.74, 6) is -1.06. The van der Waals surface area contributed by atoms with Crippen LogP contribution in [-0.4, -0.2) is 55.9 Å². The summed E-state index contributed by atoms with van der Waals surface area (Å²) in [5.41, 5.74) is 0. The Hall–Kier alpha value is -1.30. The number of carboxylic acid groups (broad SMARTS) is 1. The normalized spacial score (nSPS) is 11.9. The van der Waals surface area contributed by atoms with E-state index < -0.39 is 18.0 Å². The van der Waals surface area contributed by atoms with Gasteiger partial charge in [-0.15, -0.1) is 0 Å². The predicted octanol–water partition coefficient (Wildman–Crippen LogP) is -0.253. The minimum atomic E-state index is -1.06. The van der Waals surface area contributed by atoms with Crippen LogP contribution in [0.1, 0.15) is 6.42 Å². The summed E-state index contributed by atoms with van der Waals surface area (Å²) in [6.45, 7) is 0.296. The highest BCUT2D eigenvalue weighted by Crippen LogP contribution is 1.94. The molecular weight excluding hydrogens is 188 g/mol. The van der Waals surface area contributed by atoms with Crippen LogP contribution in [0, 0.1) is 0 Å². The largest absolute Gasteiger partial charge is 0.480 e. The van der Waals surface area contributed by atoms with Gasteiger partial charge in [-0.2, -0.15) is 0 Å². The molecule has 0 aromatic carbocycles. The maximum Gasteiger partial charge on any atom is 0.326 e. The average Bonchev–Trinajstić information content (AvgIpc) is 2.10.